The van der Waals surface area contributed by atoms with E-state index in [2.05, 4.69) is 0 Å². The van der Waals surface area contributed by atoms with Gasteiger partial charge in [-0.3, -0.25) is 4.55 Å². The molecule has 5 heteroatoms. The first-order chi connectivity index (χ1) is 5.00. The molecule has 0 spiro atoms. The van der Waals surface area contributed by atoms with Crippen LogP contribution in [0.2, 0.25) is 0 Å². The summed E-state index contributed by atoms with van der Waals surface area (Å²) in [5.74, 6) is 1.95. The highest BCUT2D eigenvalue weighted by Gasteiger charge is 2.28. The van der Waals surface area contributed by atoms with Crippen LogP contribution in [-0.2, 0) is 10.1 Å². The summed E-state index contributed by atoms with van der Waals surface area (Å²) in [6.45, 7) is 2.00. The van der Waals surface area contributed by atoms with Crippen molar-refractivity contribution in [3.05, 3.63) is 0 Å². The lowest BCUT2D eigenvalue weighted by Crippen LogP contribution is -2.30. The van der Waals surface area contributed by atoms with Gasteiger partial charge in [-0.05, 0) is 18.1 Å². The van der Waals surface area contributed by atoms with Crippen LogP contribution in [0.15, 0.2) is 0 Å². The zero-order valence-electron chi connectivity index (χ0n) is 6.36. The molecule has 1 rings (SSSR count). The van der Waals surface area contributed by atoms with Crippen molar-refractivity contribution in [1.82, 2.24) is 0 Å². The van der Waals surface area contributed by atoms with Crippen molar-refractivity contribution >= 4 is 21.9 Å². The Morgan fingerprint density at radius 2 is 2.09 bits per heavy atom. The van der Waals surface area contributed by atoms with Gasteiger partial charge >= 0.3 is 0 Å². The predicted octanol–water partition coefficient (Wildman–Crippen LogP) is 1.02. The van der Waals surface area contributed by atoms with Gasteiger partial charge in [0, 0.05) is 5.75 Å². The second-order valence-corrected chi connectivity index (χ2v) is 5.79. The molecular formula is C6H12O3S2. The standard InChI is InChI=1S/C6H12O3S2/c1-5-2-6(4-10-3-5)11(7,8)9/h5-6H,2-4H2,1H3,(H,7,8,9). The van der Waals surface area contributed by atoms with E-state index in [-0.39, 0.29) is 0 Å². The Balaban J connectivity index is 2.60. The van der Waals surface area contributed by atoms with Gasteiger partial charge in [0.1, 0.15) is 0 Å². The van der Waals surface area contributed by atoms with Gasteiger partial charge in [-0.15, -0.1) is 0 Å². The molecule has 1 N–H and O–H groups in total. The van der Waals surface area contributed by atoms with E-state index in [4.69, 9.17) is 4.55 Å². The lowest BCUT2D eigenvalue weighted by atomic mass is 10.1. The molecule has 0 amide bonds. The highest BCUT2D eigenvalue weighted by molar-refractivity contribution is 8.00. The number of thioether (sulfide) groups is 1. The summed E-state index contributed by atoms with van der Waals surface area (Å²) in [6, 6.07) is 0. The van der Waals surface area contributed by atoms with Gasteiger partial charge in [0.25, 0.3) is 10.1 Å². The van der Waals surface area contributed by atoms with E-state index >= 15 is 0 Å². The first-order valence-electron chi connectivity index (χ1n) is 3.54. The summed E-state index contributed by atoms with van der Waals surface area (Å²) in [5, 5.41) is -0.531. The van der Waals surface area contributed by atoms with Gasteiger partial charge in [0.2, 0.25) is 0 Å². The lowest BCUT2D eigenvalue weighted by molar-refractivity contribution is 0.451. The molecule has 0 aromatic heterocycles. The van der Waals surface area contributed by atoms with E-state index < -0.39 is 15.4 Å². The number of hydrogen-bond acceptors (Lipinski definition) is 3. The van der Waals surface area contributed by atoms with E-state index in [0.29, 0.717) is 18.1 Å². The zero-order valence-corrected chi connectivity index (χ0v) is 7.99. The minimum absolute atomic E-state index is 0.403. The molecule has 0 aromatic rings. The minimum Gasteiger partial charge on any atom is -0.285 e. The van der Waals surface area contributed by atoms with Crippen LogP contribution in [0, 0.1) is 5.92 Å². The highest BCUT2D eigenvalue weighted by Crippen LogP contribution is 2.26. The second-order valence-electron chi connectivity index (χ2n) is 3.02. The van der Waals surface area contributed by atoms with Crippen molar-refractivity contribution < 1.29 is 13.0 Å². The van der Waals surface area contributed by atoms with Gasteiger partial charge in [0.05, 0.1) is 5.25 Å². The summed E-state index contributed by atoms with van der Waals surface area (Å²) >= 11 is 1.60. The average molecular weight is 196 g/mol. The zero-order chi connectivity index (χ0) is 8.48. The molecule has 1 fully saturated rings. The first-order valence-corrected chi connectivity index (χ1v) is 6.20. The molecule has 0 bridgehead atoms. The Hall–Kier alpha value is 0.260. The van der Waals surface area contributed by atoms with Crippen molar-refractivity contribution in [3.63, 3.8) is 0 Å². The van der Waals surface area contributed by atoms with Crippen LogP contribution in [0.4, 0.5) is 0 Å². The van der Waals surface area contributed by atoms with Crippen molar-refractivity contribution in [2.45, 2.75) is 18.6 Å². The van der Waals surface area contributed by atoms with Gasteiger partial charge in [0.15, 0.2) is 0 Å². The average Bonchev–Trinajstić information content (AvgIpc) is 1.86. The van der Waals surface area contributed by atoms with Crippen molar-refractivity contribution in [2.24, 2.45) is 5.92 Å². The maximum absolute atomic E-state index is 10.7. The van der Waals surface area contributed by atoms with Crippen LogP contribution in [0.25, 0.3) is 0 Å². The Labute approximate surface area is 71.3 Å². The summed E-state index contributed by atoms with van der Waals surface area (Å²) in [6.07, 6.45) is 0.603. The van der Waals surface area contributed by atoms with E-state index in [1.165, 1.54) is 0 Å². The van der Waals surface area contributed by atoms with Gasteiger partial charge in [-0.2, -0.15) is 20.2 Å². The van der Waals surface area contributed by atoms with Crippen LogP contribution >= 0.6 is 11.8 Å². The quantitative estimate of drug-likeness (QED) is 0.636. The van der Waals surface area contributed by atoms with Crippen LogP contribution in [0.3, 0.4) is 0 Å². The van der Waals surface area contributed by atoms with E-state index in [1.807, 2.05) is 6.92 Å². The lowest BCUT2D eigenvalue weighted by Gasteiger charge is -2.23. The molecule has 11 heavy (non-hydrogen) atoms. The molecule has 1 heterocycles. The predicted molar refractivity (Wildman–Crippen MR) is 46.4 cm³/mol. The fourth-order valence-corrected chi connectivity index (χ4v) is 3.81. The Kier molecular flexibility index (Phi) is 2.83. The molecular weight excluding hydrogens is 184 g/mol. The Bertz CT molecular complexity index is 222. The molecule has 66 valence electrons. The first kappa shape index (κ1) is 9.35. The van der Waals surface area contributed by atoms with Crippen LogP contribution in [0.1, 0.15) is 13.3 Å². The van der Waals surface area contributed by atoms with Crippen molar-refractivity contribution in [3.8, 4) is 0 Å². The SMILES string of the molecule is CC1CSCC(S(=O)(=O)O)C1. The van der Waals surface area contributed by atoms with Crippen LogP contribution < -0.4 is 0 Å². The molecule has 0 radical (unpaired) electrons. The molecule has 1 aliphatic rings. The third kappa shape index (κ3) is 2.65. The minimum atomic E-state index is -3.78. The Morgan fingerprint density at radius 3 is 2.45 bits per heavy atom. The Morgan fingerprint density at radius 1 is 1.45 bits per heavy atom. The van der Waals surface area contributed by atoms with Gasteiger partial charge in [-0.25, -0.2) is 0 Å². The summed E-state index contributed by atoms with van der Waals surface area (Å²) in [5.41, 5.74) is 0. The molecule has 3 nitrogen and oxygen atoms in total. The monoisotopic (exact) mass is 196 g/mol. The fraction of sp³-hybridized carbons (Fsp3) is 1.00. The summed E-state index contributed by atoms with van der Waals surface area (Å²) < 4.78 is 30.1. The molecule has 2 atom stereocenters. The highest BCUT2D eigenvalue weighted by atomic mass is 32.2. The van der Waals surface area contributed by atoms with Gasteiger partial charge < -0.3 is 0 Å². The second kappa shape index (κ2) is 3.33. The molecule has 1 saturated heterocycles. The fourth-order valence-electron chi connectivity index (χ4n) is 1.19. The largest absolute Gasteiger partial charge is 0.285 e. The smallest absolute Gasteiger partial charge is 0.268 e. The number of rotatable bonds is 1. The third-order valence-electron chi connectivity index (χ3n) is 1.79. The van der Waals surface area contributed by atoms with Gasteiger partial charge in [-0.1, -0.05) is 6.92 Å². The maximum atomic E-state index is 10.7. The number of hydrogen-bond donors (Lipinski definition) is 1. The molecule has 0 saturated carbocycles. The maximum Gasteiger partial charge on any atom is 0.268 e. The van der Waals surface area contributed by atoms with E-state index in [9.17, 15) is 8.42 Å². The third-order valence-corrected chi connectivity index (χ3v) is 4.65. The van der Waals surface area contributed by atoms with E-state index in [1.54, 1.807) is 11.8 Å². The topological polar surface area (TPSA) is 54.4 Å². The van der Waals surface area contributed by atoms with Crippen LogP contribution in [0.5, 0.6) is 0 Å². The van der Waals surface area contributed by atoms with Crippen molar-refractivity contribution in [1.29, 1.82) is 0 Å². The molecule has 1 aliphatic heterocycles. The normalized spacial score (nSPS) is 33.6. The summed E-state index contributed by atoms with van der Waals surface area (Å²) in [4.78, 5) is 0. The van der Waals surface area contributed by atoms with Crippen molar-refractivity contribution in [2.75, 3.05) is 11.5 Å². The molecule has 2 unspecified atom stereocenters. The summed E-state index contributed by atoms with van der Waals surface area (Å²) in [7, 11) is -3.78. The van der Waals surface area contributed by atoms with E-state index in [0.717, 1.165) is 5.75 Å². The van der Waals surface area contributed by atoms with Crippen LogP contribution in [-0.4, -0.2) is 29.7 Å². The molecule has 0 aromatic carbocycles. The molecule has 0 aliphatic carbocycles.